The van der Waals surface area contributed by atoms with Crippen molar-refractivity contribution >= 4 is 11.6 Å². The molecule has 2 aromatic rings. The van der Waals surface area contributed by atoms with Crippen LogP contribution >= 0.6 is 0 Å². The van der Waals surface area contributed by atoms with Crippen molar-refractivity contribution in [3.63, 3.8) is 0 Å². The molecule has 8 heteroatoms. The van der Waals surface area contributed by atoms with E-state index < -0.39 is 68.7 Å². The molecule has 0 N–H and O–H groups in total. The van der Waals surface area contributed by atoms with Gasteiger partial charge < -0.3 is 0 Å². The fourth-order valence-electron chi connectivity index (χ4n) is 2.28. The molecular weight excluding hydrogens is 314 g/mol. The Balaban J connectivity index is 2.47. The molecule has 0 atom stereocenters. The van der Waals surface area contributed by atoms with Crippen LogP contribution in [0.1, 0.15) is 31.8 Å². The summed E-state index contributed by atoms with van der Waals surface area (Å²) >= 11 is 0. The van der Waals surface area contributed by atoms with E-state index in [1.807, 2.05) is 0 Å². The number of carbonyl (C=O) groups excluding carboxylic acids is 2. The molecule has 22 heavy (non-hydrogen) atoms. The fraction of sp³-hybridized carbons (Fsp3) is 0. The van der Waals surface area contributed by atoms with Crippen LogP contribution in [0.4, 0.5) is 26.3 Å². The Bertz CT molecular complexity index is 888. The first kappa shape index (κ1) is 14.3. The van der Waals surface area contributed by atoms with Crippen LogP contribution in [0, 0.1) is 34.9 Å². The summed E-state index contributed by atoms with van der Waals surface area (Å²) in [4.78, 5) is 24.0. The highest BCUT2D eigenvalue weighted by Crippen LogP contribution is 2.34. The minimum absolute atomic E-state index is 0.498. The second-order valence-corrected chi connectivity index (χ2v) is 4.45. The Labute approximate surface area is 118 Å². The molecular formula is C14H2F6O2. The van der Waals surface area contributed by atoms with E-state index in [4.69, 9.17) is 0 Å². The summed E-state index contributed by atoms with van der Waals surface area (Å²) in [6, 6.07) is 1.17. The molecule has 0 bridgehead atoms. The highest BCUT2D eigenvalue weighted by molar-refractivity contribution is 6.28. The van der Waals surface area contributed by atoms with Crippen LogP contribution in [0.3, 0.4) is 0 Å². The van der Waals surface area contributed by atoms with Crippen molar-refractivity contribution in [2.75, 3.05) is 0 Å². The molecule has 1 aliphatic carbocycles. The molecule has 0 saturated heterocycles. The van der Waals surface area contributed by atoms with E-state index in [1.54, 1.807) is 0 Å². The smallest absolute Gasteiger partial charge is 0.200 e. The molecule has 0 aromatic heterocycles. The van der Waals surface area contributed by atoms with Crippen molar-refractivity contribution in [2.45, 2.75) is 0 Å². The van der Waals surface area contributed by atoms with Crippen molar-refractivity contribution < 1.29 is 35.9 Å². The predicted octanol–water partition coefficient (Wildman–Crippen LogP) is 3.30. The molecule has 0 heterocycles. The van der Waals surface area contributed by atoms with E-state index >= 15 is 0 Å². The zero-order valence-corrected chi connectivity index (χ0v) is 10.2. The van der Waals surface area contributed by atoms with Gasteiger partial charge in [0.15, 0.2) is 40.7 Å². The lowest BCUT2D eigenvalue weighted by molar-refractivity contribution is 0.0965. The first-order valence-corrected chi connectivity index (χ1v) is 5.70. The third kappa shape index (κ3) is 1.57. The zero-order valence-electron chi connectivity index (χ0n) is 10.2. The molecule has 3 rings (SSSR count). The van der Waals surface area contributed by atoms with Crippen LogP contribution in [0.5, 0.6) is 0 Å². The van der Waals surface area contributed by atoms with Gasteiger partial charge >= 0.3 is 0 Å². The van der Waals surface area contributed by atoms with Crippen LogP contribution in [0.2, 0.25) is 0 Å². The molecule has 0 spiro atoms. The van der Waals surface area contributed by atoms with E-state index in [0.29, 0.717) is 12.1 Å². The summed E-state index contributed by atoms with van der Waals surface area (Å²) < 4.78 is 80.7. The van der Waals surface area contributed by atoms with E-state index in [-0.39, 0.29) is 0 Å². The molecule has 0 aliphatic heterocycles. The molecule has 2 nitrogen and oxygen atoms in total. The van der Waals surface area contributed by atoms with Crippen LogP contribution in [-0.4, -0.2) is 11.6 Å². The van der Waals surface area contributed by atoms with Crippen molar-refractivity contribution in [1.82, 2.24) is 0 Å². The van der Waals surface area contributed by atoms with Crippen LogP contribution in [-0.2, 0) is 0 Å². The van der Waals surface area contributed by atoms with Crippen LogP contribution in [0.15, 0.2) is 12.1 Å². The summed E-state index contributed by atoms with van der Waals surface area (Å²) in [5.74, 6) is -15.2. The lowest BCUT2D eigenvalue weighted by Gasteiger charge is -2.19. The van der Waals surface area contributed by atoms with Gasteiger partial charge in [-0.05, 0) is 12.1 Å². The predicted molar refractivity (Wildman–Crippen MR) is 59.5 cm³/mol. The second-order valence-electron chi connectivity index (χ2n) is 4.45. The Morgan fingerprint density at radius 2 is 1.05 bits per heavy atom. The number of carbonyl (C=O) groups is 2. The number of hydrogen-bond donors (Lipinski definition) is 0. The normalized spacial score (nSPS) is 13.2. The monoisotopic (exact) mass is 316 g/mol. The van der Waals surface area contributed by atoms with Gasteiger partial charge in [-0.2, -0.15) is 0 Å². The van der Waals surface area contributed by atoms with E-state index in [0.717, 1.165) is 0 Å². The minimum Gasteiger partial charge on any atom is -0.288 e. The summed E-state index contributed by atoms with van der Waals surface area (Å²) in [5, 5.41) is 0. The molecule has 2 aromatic carbocycles. The summed E-state index contributed by atoms with van der Waals surface area (Å²) in [6.45, 7) is 0. The van der Waals surface area contributed by atoms with Gasteiger partial charge in [-0.1, -0.05) is 0 Å². The SMILES string of the molecule is O=C1c2ccc(F)c(F)c2C(=O)c2c(F)c(F)c(F)c(F)c21. The molecule has 1 aliphatic rings. The number of hydrogen-bond acceptors (Lipinski definition) is 2. The third-order valence-electron chi connectivity index (χ3n) is 3.29. The maximum atomic E-state index is 13.7. The molecule has 0 unspecified atom stereocenters. The van der Waals surface area contributed by atoms with Gasteiger partial charge in [0, 0.05) is 5.56 Å². The first-order valence-electron chi connectivity index (χ1n) is 5.70. The van der Waals surface area contributed by atoms with E-state index in [1.165, 1.54) is 0 Å². The van der Waals surface area contributed by atoms with Crippen molar-refractivity contribution in [1.29, 1.82) is 0 Å². The maximum Gasteiger partial charge on any atom is 0.200 e. The van der Waals surface area contributed by atoms with Crippen molar-refractivity contribution in [2.24, 2.45) is 0 Å². The Hall–Kier alpha value is -2.64. The number of ketones is 2. The largest absolute Gasteiger partial charge is 0.288 e. The number of rotatable bonds is 0. The van der Waals surface area contributed by atoms with Crippen molar-refractivity contribution in [3.8, 4) is 0 Å². The Morgan fingerprint density at radius 1 is 0.545 bits per heavy atom. The lowest BCUT2D eigenvalue weighted by Crippen LogP contribution is -2.27. The minimum atomic E-state index is -2.32. The standard InChI is InChI=1S/C14H2F6O2/c15-4-2-1-3-5(8(4)16)14(22)7-6(13(3)21)9(17)11(19)12(20)10(7)18/h1-2H. The molecule has 112 valence electrons. The maximum absolute atomic E-state index is 13.7. The van der Waals surface area contributed by atoms with Crippen LogP contribution < -0.4 is 0 Å². The second kappa shape index (κ2) is 4.43. The average Bonchev–Trinajstić information content (AvgIpc) is 2.49. The molecule has 0 fully saturated rings. The number of benzene rings is 2. The van der Waals surface area contributed by atoms with Gasteiger partial charge in [-0.25, -0.2) is 26.3 Å². The van der Waals surface area contributed by atoms with E-state index in [9.17, 15) is 35.9 Å². The van der Waals surface area contributed by atoms with E-state index in [2.05, 4.69) is 0 Å². The Morgan fingerprint density at radius 3 is 1.59 bits per heavy atom. The van der Waals surface area contributed by atoms with Crippen LogP contribution in [0.25, 0.3) is 0 Å². The first-order chi connectivity index (χ1) is 10.3. The molecule has 0 saturated carbocycles. The highest BCUT2D eigenvalue weighted by Gasteiger charge is 2.40. The lowest BCUT2D eigenvalue weighted by atomic mass is 9.83. The summed E-state index contributed by atoms with van der Waals surface area (Å²) in [7, 11) is 0. The van der Waals surface area contributed by atoms with Gasteiger partial charge in [-0.15, -0.1) is 0 Å². The summed E-state index contributed by atoms with van der Waals surface area (Å²) in [6.07, 6.45) is 0. The average molecular weight is 316 g/mol. The van der Waals surface area contributed by atoms with Gasteiger partial charge in [-0.3, -0.25) is 9.59 Å². The number of fused-ring (bicyclic) bond motifs is 2. The van der Waals surface area contributed by atoms with Crippen molar-refractivity contribution in [3.05, 3.63) is 69.3 Å². The Kier molecular flexibility index (Phi) is 2.88. The van der Waals surface area contributed by atoms with Gasteiger partial charge in [0.1, 0.15) is 0 Å². The topological polar surface area (TPSA) is 34.1 Å². The quantitative estimate of drug-likeness (QED) is 0.362. The molecule has 0 radical (unpaired) electrons. The molecule has 0 amide bonds. The summed E-state index contributed by atoms with van der Waals surface area (Å²) in [5.41, 5.74) is -4.72. The highest BCUT2D eigenvalue weighted by atomic mass is 19.2. The van der Waals surface area contributed by atoms with Gasteiger partial charge in [0.25, 0.3) is 0 Å². The van der Waals surface area contributed by atoms with Gasteiger partial charge in [0.2, 0.25) is 5.78 Å². The number of halogens is 6. The fourth-order valence-corrected chi connectivity index (χ4v) is 2.28. The third-order valence-corrected chi connectivity index (χ3v) is 3.29. The van der Waals surface area contributed by atoms with Gasteiger partial charge in [0.05, 0.1) is 16.7 Å². The zero-order chi connectivity index (χ0) is 16.3.